The molecule has 1 nitrogen and oxygen atoms in total. The number of aromatic nitrogens is 1. The van der Waals surface area contributed by atoms with Crippen LogP contribution in [0.15, 0.2) is 109 Å². The first-order valence-corrected chi connectivity index (χ1v) is 10.4. The predicted octanol–water partition coefficient (Wildman–Crippen LogP) is 7.82. The van der Waals surface area contributed by atoms with Crippen LogP contribution in [0.25, 0.3) is 54.8 Å². The molecule has 0 N–H and O–H groups in total. The topological polar surface area (TPSA) is 4.93 Å². The predicted molar refractivity (Wildman–Crippen MR) is 129 cm³/mol. The first-order chi connectivity index (χ1) is 14.8. The third-order valence-electron chi connectivity index (χ3n) is 6.19. The van der Waals surface area contributed by atoms with Crippen molar-refractivity contribution in [1.29, 1.82) is 0 Å². The highest BCUT2D eigenvalue weighted by Crippen LogP contribution is 2.40. The molecule has 0 bridgehead atoms. The summed E-state index contributed by atoms with van der Waals surface area (Å²) >= 11 is 0. The summed E-state index contributed by atoms with van der Waals surface area (Å²) in [5.74, 6) is 0. The highest BCUT2D eigenvalue weighted by molar-refractivity contribution is 6.21. The molecular weight excluding hydrogens is 362 g/mol. The van der Waals surface area contributed by atoms with Crippen molar-refractivity contribution < 1.29 is 0 Å². The van der Waals surface area contributed by atoms with E-state index in [-0.39, 0.29) is 0 Å². The number of fused-ring (bicyclic) bond motifs is 5. The van der Waals surface area contributed by atoms with Crippen molar-refractivity contribution in [3.63, 3.8) is 0 Å². The van der Waals surface area contributed by atoms with E-state index in [1.54, 1.807) is 0 Å². The monoisotopic (exact) mass is 383 g/mol. The minimum absolute atomic E-state index is 1.25. The maximum absolute atomic E-state index is 2.38. The zero-order valence-corrected chi connectivity index (χ0v) is 16.8. The van der Waals surface area contributed by atoms with Crippen molar-refractivity contribution in [1.82, 2.24) is 4.57 Å². The first-order valence-electron chi connectivity index (χ1n) is 10.4. The summed E-state index contributed by atoms with van der Waals surface area (Å²) in [6.45, 7) is 0. The van der Waals surface area contributed by atoms with Gasteiger partial charge in [0.2, 0.25) is 0 Å². The van der Waals surface area contributed by atoms with Crippen LogP contribution < -0.4 is 0 Å². The molecule has 30 heavy (non-hydrogen) atoms. The smallest absolute Gasteiger partial charge is 0.0568 e. The summed E-state index contributed by atoms with van der Waals surface area (Å²) in [6.07, 6.45) is 0. The third kappa shape index (κ3) is 2.49. The van der Waals surface area contributed by atoms with Crippen molar-refractivity contribution >= 4 is 32.6 Å². The van der Waals surface area contributed by atoms with Crippen LogP contribution in [0.2, 0.25) is 0 Å². The van der Waals surface area contributed by atoms with E-state index >= 15 is 0 Å². The Hall–Kier alpha value is -3.84. The fourth-order valence-electron chi connectivity index (χ4n) is 4.76. The highest BCUT2D eigenvalue weighted by Gasteiger charge is 2.15. The molecule has 0 atom stereocenters. The van der Waals surface area contributed by atoms with Crippen LogP contribution in [0.3, 0.4) is 0 Å². The van der Waals surface area contributed by atoms with Crippen LogP contribution in [0.1, 0.15) is 0 Å². The van der Waals surface area contributed by atoms with Crippen LogP contribution >= 0.6 is 0 Å². The molecule has 0 amide bonds. The average Bonchev–Trinajstić information content (AvgIpc) is 3.11. The lowest BCUT2D eigenvalue weighted by Crippen LogP contribution is -1.89. The molecule has 0 radical (unpaired) electrons. The summed E-state index contributed by atoms with van der Waals surface area (Å²) in [4.78, 5) is 0. The lowest BCUT2D eigenvalue weighted by molar-refractivity contribution is 1.02. The van der Waals surface area contributed by atoms with Crippen molar-refractivity contribution in [2.24, 2.45) is 7.05 Å². The van der Waals surface area contributed by atoms with E-state index in [0.29, 0.717) is 0 Å². The first kappa shape index (κ1) is 17.1. The maximum atomic E-state index is 2.38. The van der Waals surface area contributed by atoms with Gasteiger partial charge in [-0.25, -0.2) is 0 Å². The minimum Gasteiger partial charge on any atom is -0.343 e. The summed E-state index contributed by atoms with van der Waals surface area (Å²) in [6, 6.07) is 39.3. The highest BCUT2D eigenvalue weighted by atomic mass is 14.9. The van der Waals surface area contributed by atoms with Gasteiger partial charge < -0.3 is 4.57 Å². The van der Waals surface area contributed by atoms with Crippen molar-refractivity contribution in [3.8, 4) is 22.3 Å². The van der Waals surface area contributed by atoms with Gasteiger partial charge in [0.25, 0.3) is 0 Å². The zero-order valence-electron chi connectivity index (χ0n) is 16.8. The number of nitrogens with zero attached hydrogens (tertiary/aromatic N) is 1. The van der Waals surface area contributed by atoms with Crippen LogP contribution in [0.5, 0.6) is 0 Å². The second kappa shape index (κ2) is 6.60. The molecule has 0 aliphatic rings. The van der Waals surface area contributed by atoms with Crippen LogP contribution in [0, 0.1) is 0 Å². The SMILES string of the molecule is Cn1c2ccc(-c3ccccc3)cc2c2cc(-c3ccccc3)c3ccccc3c21. The van der Waals surface area contributed by atoms with Crippen LogP contribution in [-0.2, 0) is 7.05 Å². The third-order valence-corrected chi connectivity index (χ3v) is 6.19. The molecule has 0 aliphatic carbocycles. The van der Waals surface area contributed by atoms with E-state index in [2.05, 4.69) is 121 Å². The molecule has 5 aromatic carbocycles. The van der Waals surface area contributed by atoms with Gasteiger partial charge >= 0.3 is 0 Å². The summed E-state index contributed by atoms with van der Waals surface area (Å²) in [5, 5.41) is 5.21. The standard InChI is InChI=1S/C29H21N/c1-30-28-17-16-22(20-10-4-2-5-11-20)18-26(28)27-19-25(21-12-6-3-7-13-21)23-14-8-9-15-24(23)29(27)30/h2-19H,1H3. The Balaban J connectivity index is 1.76. The van der Waals surface area contributed by atoms with Crippen molar-refractivity contribution in [3.05, 3.63) is 109 Å². The Labute approximate surface area is 175 Å². The summed E-state index contributed by atoms with van der Waals surface area (Å²) in [5.41, 5.74) is 7.61. The van der Waals surface area contributed by atoms with Crippen molar-refractivity contribution in [2.75, 3.05) is 0 Å². The van der Waals surface area contributed by atoms with Gasteiger partial charge in [-0.15, -0.1) is 0 Å². The van der Waals surface area contributed by atoms with E-state index in [1.807, 2.05) is 0 Å². The molecule has 6 aromatic rings. The maximum Gasteiger partial charge on any atom is 0.0568 e. The Morgan fingerprint density at radius 1 is 0.467 bits per heavy atom. The Morgan fingerprint density at radius 2 is 1.10 bits per heavy atom. The molecule has 142 valence electrons. The molecular formula is C29H21N. The lowest BCUT2D eigenvalue weighted by Gasteiger charge is -2.10. The molecule has 0 saturated carbocycles. The molecule has 0 fully saturated rings. The minimum atomic E-state index is 1.25. The van der Waals surface area contributed by atoms with E-state index in [9.17, 15) is 0 Å². The second-order valence-electron chi connectivity index (χ2n) is 7.89. The zero-order chi connectivity index (χ0) is 20.1. The molecule has 1 heteroatoms. The lowest BCUT2D eigenvalue weighted by atomic mass is 9.95. The molecule has 0 unspecified atom stereocenters. The van der Waals surface area contributed by atoms with Gasteiger partial charge in [0.1, 0.15) is 0 Å². The second-order valence-corrected chi connectivity index (χ2v) is 7.89. The van der Waals surface area contributed by atoms with Gasteiger partial charge in [0.15, 0.2) is 0 Å². The van der Waals surface area contributed by atoms with Gasteiger partial charge in [-0.1, -0.05) is 91.0 Å². The van der Waals surface area contributed by atoms with Gasteiger partial charge in [-0.2, -0.15) is 0 Å². The van der Waals surface area contributed by atoms with E-state index in [4.69, 9.17) is 0 Å². The van der Waals surface area contributed by atoms with E-state index < -0.39 is 0 Å². The number of rotatable bonds is 2. The number of benzene rings is 5. The quantitative estimate of drug-likeness (QED) is 0.287. The van der Waals surface area contributed by atoms with Gasteiger partial charge in [-0.05, 0) is 45.8 Å². The van der Waals surface area contributed by atoms with Crippen molar-refractivity contribution in [2.45, 2.75) is 0 Å². The molecule has 0 spiro atoms. The van der Waals surface area contributed by atoms with Crippen LogP contribution in [-0.4, -0.2) is 4.57 Å². The average molecular weight is 383 g/mol. The fourth-order valence-corrected chi connectivity index (χ4v) is 4.76. The molecule has 1 aromatic heterocycles. The van der Waals surface area contributed by atoms with Gasteiger partial charge in [0, 0.05) is 28.7 Å². The number of hydrogen-bond donors (Lipinski definition) is 0. The Bertz CT molecular complexity index is 1520. The van der Waals surface area contributed by atoms with Gasteiger partial charge in [-0.3, -0.25) is 0 Å². The normalized spacial score (nSPS) is 11.5. The van der Waals surface area contributed by atoms with Gasteiger partial charge in [0.05, 0.1) is 5.52 Å². The summed E-state index contributed by atoms with van der Waals surface area (Å²) < 4.78 is 2.34. The molecule has 6 rings (SSSR count). The molecule has 1 heterocycles. The van der Waals surface area contributed by atoms with E-state index in [1.165, 1.54) is 54.8 Å². The molecule has 0 saturated heterocycles. The fraction of sp³-hybridized carbons (Fsp3) is 0.0345. The number of aryl methyl sites for hydroxylation is 1. The van der Waals surface area contributed by atoms with Crippen LogP contribution in [0.4, 0.5) is 0 Å². The van der Waals surface area contributed by atoms with E-state index in [0.717, 1.165) is 0 Å². The summed E-state index contributed by atoms with van der Waals surface area (Å²) in [7, 11) is 2.18. The molecule has 0 aliphatic heterocycles. The number of hydrogen-bond acceptors (Lipinski definition) is 0. The Morgan fingerprint density at radius 3 is 1.83 bits per heavy atom. The largest absolute Gasteiger partial charge is 0.343 e. The Kier molecular flexibility index (Phi) is 3.75.